The van der Waals surface area contributed by atoms with Gasteiger partial charge in [-0.1, -0.05) is 24.6 Å². The Morgan fingerprint density at radius 1 is 1.12 bits per heavy atom. The van der Waals surface area contributed by atoms with E-state index in [0.717, 1.165) is 50.5 Å². The SMILES string of the molecule is CCOC(=O)[C@@H]1CCCN(C(=O)[C@H]2COC3(CCCCC3)N2C(=O)c2ccccc2C)C1. The van der Waals surface area contributed by atoms with Gasteiger partial charge in [0.1, 0.15) is 11.8 Å². The molecule has 2 saturated heterocycles. The third kappa shape index (κ3) is 4.27. The van der Waals surface area contributed by atoms with Crippen molar-refractivity contribution in [3.8, 4) is 0 Å². The van der Waals surface area contributed by atoms with Gasteiger partial charge in [-0.15, -0.1) is 0 Å². The summed E-state index contributed by atoms with van der Waals surface area (Å²) < 4.78 is 11.5. The molecule has 174 valence electrons. The summed E-state index contributed by atoms with van der Waals surface area (Å²) in [4.78, 5) is 43.2. The van der Waals surface area contributed by atoms with E-state index in [0.29, 0.717) is 25.3 Å². The molecule has 3 aliphatic rings. The number of piperidine rings is 1. The average Bonchev–Trinajstić information content (AvgIpc) is 3.17. The molecule has 1 saturated carbocycles. The van der Waals surface area contributed by atoms with Crippen LogP contribution in [-0.4, -0.2) is 65.7 Å². The van der Waals surface area contributed by atoms with Crippen molar-refractivity contribution in [1.29, 1.82) is 0 Å². The van der Waals surface area contributed by atoms with Gasteiger partial charge in [-0.2, -0.15) is 0 Å². The number of carbonyl (C=O) groups is 3. The fourth-order valence-corrected chi connectivity index (χ4v) is 5.44. The molecule has 0 unspecified atom stereocenters. The first-order valence-corrected chi connectivity index (χ1v) is 12.0. The number of hydrogen-bond donors (Lipinski definition) is 0. The van der Waals surface area contributed by atoms with Gasteiger partial charge in [0.15, 0.2) is 0 Å². The summed E-state index contributed by atoms with van der Waals surface area (Å²) in [7, 11) is 0. The Morgan fingerprint density at radius 2 is 1.88 bits per heavy atom. The quantitative estimate of drug-likeness (QED) is 0.669. The molecule has 2 heterocycles. The lowest BCUT2D eigenvalue weighted by Gasteiger charge is -2.42. The number of carbonyl (C=O) groups excluding carboxylic acids is 3. The molecule has 3 fully saturated rings. The minimum Gasteiger partial charge on any atom is -0.466 e. The molecule has 2 atom stereocenters. The summed E-state index contributed by atoms with van der Waals surface area (Å²) in [6, 6.07) is 6.85. The van der Waals surface area contributed by atoms with Crippen molar-refractivity contribution in [3.05, 3.63) is 35.4 Å². The molecular weight excluding hydrogens is 408 g/mol. The number of nitrogens with zero attached hydrogens (tertiary/aromatic N) is 2. The maximum atomic E-state index is 13.8. The van der Waals surface area contributed by atoms with Crippen LogP contribution in [0.5, 0.6) is 0 Å². The van der Waals surface area contributed by atoms with E-state index in [4.69, 9.17) is 9.47 Å². The second-order valence-corrected chi connectivity index (χ2v) is 9.20. The van der Waals surface area contributed by atoms with Gasteiger partial charge in [0, 0.05) is 18.7 Å². The highest BCUT2D eigenvalue weighted by Gasteiger charge is 2.54. The first-order chi connectivity index (χ1) is 15.5. The van der Waals surface area contributed by atoms with Crippen molar-refractivity contribution in [3.63, 3.8) is 0 Å². The number of likely N-dealkylation sites (tertiary alicyclic amines) is 1. The molecule has 1 aromatic carbocycles. The summed E-state index contributed by atoms with van der Waals surface area (Å²) in [6.45, 7) is 5.18. The number of amides is 2. The predicted octanol–water partition coefficient (Wildman–Crippen LogP) is 3.30. The topological polar surface area (TPSA) is 76.2 Å². The zero-order chi connectivity index (χ0) is 22.7. The zero-order valence-corrected chi connectivity index (χ0v) is 19.2. The van der Waals surface area contributed by atoms with Crippen molar-refractivity contribution in [2.45, 2.75) is 70.6 Å². The van der Waals surface area contributed by atoms with E-state index in [2.05, 4.69) is 0 Å². The van der Waals surface area contributed by atoms with E-state index in [1.165, 1.54) is 0 Å². The molecular formula is C25H34N2O5. The summed E-state index contributed by atoms with van der Waals surface area (Å²) >= 11 is 0. The first kappa shape index (κ1) is 22.8. The summed E-state index contributed by atoms with van der Waals surface area (Å²) in [5.74, 6) is -0.813. The minimum absolute atomic E-state index is 0.122. The van der Waals surface area contributed by atoms with Gasteiger partial charge < -0.3 is 14.4 Å². The van der Waals surface area contributed by atoms with E-state index >= 15 is 0 Å². The molecule has 1 aliphatic carbocycles. The standard InChI is InChI=1S/C25H34N2O5/c1-3-31-24(30)19-11-9-15-26(16-19)23(29)21-17-32-25(13-7-4-8-14-25)27(21)22(28)20-12-6-5-10-18(20)2/h5-6,10,12,19,21H,3-4,7-9,11,13-17H2,1-2H3/t19-,21-/m1/s1. The highest BCUT2D eigenvalue weighted by atomic mass is 16.5. The van der Waals surface area contributed by atoms with Crippen LogP contribution in [0.3, 0.4) is 0 Å². The second kappa shape index (κ2) is 9.61. The number of rotatable bonds is 4. The Morgan fingerprint density at radius 3 is 2.59 bits per heavy atom. The second-order valence-electron chi connectivity index (χ2n) is 9.20. The molecule has 0 bridgehead atoms. The Hall–Kier alpha value is -2.41. The molecule has 4 rings (SSSR count). The summed E-state index contributed by atoms with van der Waals surface area (Å²) in [5.41, 5.74) is 0.791. The number of hydrogen-bond acceptors (Lipinski definition) is 5. The molecule has 1 aromatic rings. The van der Waals surface area contributed by atoms with Crippen LogP contribution in [0.1, 0.15) is 67.8 Å². The van der Waals surface area contributed by atoms with Gasteiger partial charge >= 0.3 is 5.97 Å². The van der Waals surface area contributed by atoms with Gasteiger partial charge in [0.25, 0.3) is 5.91 Å². The average molecular weight is 443 g/mol. The lowest BCUT2D eigenvalue weighted by Crippen LogP contribution is -2.58. The molecule has 0 radical (unpaired) electrons. The fraction of sp³-hybridized carbons (Fsp3) is 0.640. The Kier molecular flexibility index (Phi) is 6.84. The Bertz CT molecular complexity index is 864. The Labute approximate surface area is 190 Å². The normalized spacial score (nSPS) is 25.1. The zero-order valence-electron chi connectivity index (χ0n) is 19.2. The molecule has 1 spiro atoms. The van der Waals surface area contributed by atoms with Crippen molar-refractivity contribution in [2.24, 2.45) is 5.92 Å². The number of aryl methyl sites for hydroxylation is 1. The van der Waals surface area contributed by atoms with Gasteiger partial charge in [-0.05, 0) is 64.0 Å². The molecule has 2 aliphatic heterocycles. The molecule has 7 nitrogen and oxygen atoms in total. The first-order valence-electron chi connectivity index (χ1n) is 12.0. The van der Waals surface area contributed by atoms with Crippen LogP contribution in [0, 0.1) is 12.8 Å². The third-order valence-electron chi connectivity index (χ3n) is 7.13. The van der Waals surface area contributed by atoms with E-state index in [1.807, 2.05) is 31.2 Å². The molecule has 0 N–H and O–H groups in total. The summed E-state index contributed by atoms with van der Waals surface area (Å²) in [5, 5.41) is 0. The monoisotopic (exact) mass is 442 g/mol. The molecule has 7 heteroatoms. The van der Waals surface area contributed by atoms with Gasteiger partial charge in [-0.3, -0.25) is 19.3 Å². The summed E-state index contributed by atoms with van der Waals surface area (Å²) in [6.07, 6.45) is 6.04. The largest absolute Gasteiger partial charge is 0.466 e. The maximum absolute atomic E-state index is 13.8. The van der Waals surface area contributed by atoms with E-state index in [-0.39, 0.29) is 30.3 Å². The van der Waals surface area contributed by atoms with Crippen LogP contribution in [0.25, 0.3) is 0 Å². The van der Waals surface area contributed by atoms with Crippen LogP contribution in [0.2, 0.25) is 0 Å². The van der Waals surface area contributed by atoms with Crippen LogP contribution >= 0.6 is 0 Å². The smallest absolute Gasteiger partial charge is 0.310 e. The molecule has 2 amide bonds. The third-order valence-corrected chi connectivity index (χ3v) is 7.13. The van der Waals surface area contributed by atoms with Crippen LogP contribution < -0.4 is 0 Å². The molecule has 0 aromatic heterocycles. The van der Waals surface area contributed by atoms with Crippen LogP contribution in [0.4, 0.5) is 0 Å². The van der Waals surface area contributed by atoms with Crippen molar-refractivity contribution < 1.29 is 23.9 Å². The highest BCUT2D eigenvalue weighted by molar-refractivity contribution is 5.99. The predicted molar refractivity (Wildman–Crippen MR) is 119 cm³/mol. The van der Waals surface area contributed by atoms with Crippen molar-refractivity contribution in [1.82, 2.24) is 9.80 Å². The lowest BCUT2D eigenvalue weighted by molar-refractivity contribution is -0.152. The van der Waals surface area contributed by atoms with Crippen LogP contribution in [-0.2, 0) is 19.1 Å². The minimum atomic E-state index is -0.714. The fourth-order valence-electron chi connectivity index (χ4n) is 5.44. The molecule has 32 heavy (non-hydrogen) atoms. The number of benzene rings is 1. The van der Waals surface area contributed by atoms with Crippen molar-refractivity contribution >= 4 is 17.8 Å². The van der Waals surface area contributed by atoms with Gasteiger partial charge in [-0.25, -0.2) is 0 Å². The maximum Gasteiger partial charge on any atom is 0.310 e. The van der Waals surface area contributed by atoms with E-state index in [9.17, 15) is 14.4 Å². The van der Waals surface area contributed by atoms with E-state index < -0.39 is 11.8 Å². The van der Waals surface area contributed by atoms with Gasteiger partial charge in [0.05, 0.1) is 19.1 Å². The number of esters is 1. The van der Waals surface area contributed by atoms with Crippen molar-refractivity contribution in [2.75, 3.05) is 26.3 Å². The van der Waals surface area contributed by atoms with Crippen LogP contribution in [0.15, 0.2) is 24.3 Å². The Balaban J connectivity index is 1.60. The lowest BCUT2D eigenvalue weighted by atomic mass is 9.89. The van der Waals surface area contributed by atoms with E-state index in [1.54, 1.807) is 16.7 Å². The van der Waals surface area contributed by atoms with Gasteiger partial charge in [0.2, 0.25) is 5.91 Å². The highest BCUT2D eigenvalue weighted by Crippen LogP contribution is 2.42. The number of ether oxygens (including phenoxy) is 2.